The van der Waals surface area contributed by atoms with Crippen LogP contribution in [0.5, 0.6) is 0 Å². The van der Waals surface area contributed by atoms with Gasteiger partial charge in [0, 0.05) is 17.1 Å². The van der Waals surface area contributed by atoms with E-state index in [0.717, 1.165) is 8.58 Å². The van der Waals surface area contributed by atoms with Crippen LogP contribution in [0.1, 0.15) is 26.3 Å². The van der Waals surface area contributed by atoms with Crippen LogP contribution < -0.4 is 26.5 Å². The molecule has 0 fully saturated rings. The molecule has 0 aliphatic carbocycles. The van der Waals surface area contributed by atoms with Gasteiger partial charge in [-0.05, 0) is 16.3 Å². The fourth-order valence-corrected chi connectivity index (χ4v) is 7.72. The Labute approximate surface area is 224 Å². The Balaban J connectivity index is 0.000000192. The van der Waals surface area contributed by atoms with Crippen LogP contribution in [0.25, 0.3) is 0 Å². The van der Waals surface area contributed by atoms with E-state index < -0.39 is 7.92 Å². The van der Waals surface area contributed by atoms with E-state index in [-0.39, 0.29) is 22.5 Å². The Morgan fingerprint density at radius 1 is 0.657 bits per heavy atom. The molecule has 0 aliphatic heterocycles. The normalized spacial score (nSPS) is 11.2. The molecular formula is C32H32FeP2-6. The van der Waals surface area contributed by atoms with Crippen molar-refractivity contribution in [1.82, 2.24) is 0 Å². The van der Waals surface area contributed by atoms with E-state index >= 15 is 0 Å². The number of benzene rings is 3. The summed E-state index contributed by atoms with van der Waals surface area (Å²) in [6.07, 6.45) is 0. The van der Waals surface area contributed by atoms with E-state index in [9.17, 15) is 0 Å². The van der Waals surface area contributed by atoms with Crippen molar-refractivity contribution in [3.05, 3.63) is 139 Å². The molecule has 0 N–H and O–H groups in total. The van der Waals surface area contributed by atoms with Crippen LogP contribution in [0.2, 0.25) is 0 Å². The molecule has 0 saturated heterocycles. The second-order valence-electron chi connectivity index (χ2n) is 9.24. The van der Waals surface area contributed by atoms with Gasteiger partial charge in [-0.25, -0.2) is 20.1 Å². The fraction of sp³-hybridized carbons (Fsp3) is 0.125. The molecule has 5 aromatic carbocycles. The maximum atomic E-state index is 2.28. The van der Waals surface area contributed by atoms with Gasteiger partial charge in [-0.3, -0.25) is 0 Å². The summed E-state index contributed by atoms with van der Waals surface area (Å²) in [6.45, 7) is 6.84. The van der Waals surface area contributed by atoms with Crippen molar-refractivity contribution in [3.8, 4) is 0 Å². The van der Waals surface area contributed by atoms with Crippen molar-refractivity contribution in [1.29, 1.82) is 0 Å². The summed E-state index contributed by atoms with van der Waals surface area (Å²) in [5.74, 6) is 0. The van der Waals surface area contributed by atoms with Crippen molar-refractivity contribution in [2.75, 3.05) is 0 Å². The van der Waals surface area contributed by atoms with E-state index in [1.807, 2.05) is 0 Å². The molecule has 5 aromatic rings. The van der Waals surface area contributed by atoms with E-state index in [2.05, 4.69) is 154 Å². The van der Waals surface area contributed by atoms with Crippen LogP contribution in [0.15, 0.2) is 133 Å². The smallest absolute Gasteiger partial charge is 0 e. The van der Waals surface area contributed by atoms with Crippen molar-refractivity contribution in [3.63, 3.8) is 0 Å². The minimum atomic E-state index is -0.409. The average molecular weight is 534 g/mol. The van der Waals surface area contributed by atoms with Gasteiger partial charge >= 0.3 is 0 Å². The number of rotatable bonds is 5. The first kappa shape index (κ1) is 27.3. The molecule has 0 aromatic heterocycles. The third-order valence-electron chi connectivity index (χ3n) is 5.61. The molecule has 35 heavy (non-hydrogen) atoms. The topological polar surface area (TPSA) is 0 Å². The monoisotopic (exact) mass is 534 g/mol. The van der Waals surface area contributed by atoms with Crippen molar-refractivity contribution in [2.24, 2.45) is 0 Å². The first-order chi connectivity index (χ1) is 16.5. The van der Waals surface area contributed by atoms with Crippen LogP contribution in [0.3, 0.4) is 0 Å². The summed E-state index contributed by atoms with van der Waals surface area (Å²) in [6, 6.07) is 47.7. The Morgan fingerprint density at radius 3 is 1.66 bits per heavy atom. The molecule has 0 spiro atoms. The maximum absolute atomic E-state index is 2.28. The number of hydrogen-bond donors (Lipinski definition) is 0. The minimum Gasteiger partial charge on any atom is -0.747 e. The zero-order chi connectivity index (χ0) is 23.8. The second kappa shape index (κ2) is 13.2. The summed E-state index contributed by atoms with van der Waals surface area (Å²) in [5.41, 5.74) is 1.70. The quantitative estimate of drug-likeness (QED) is 0.137. The van der Waals surface area contributed by atoms with E-state index in [1.165, 1.54) is 32.1 Å². The summed E-state index contributed by atoms with van der Waals surface area (Å²) in [7, 11) is 0.365. The van der Waals surface area contributed by atoms with Crippen LogP contribution in [-0.4, -0.2) is 0 Å². The molecule has 0 aliphatic rings. The number of hydrogen-bond acceptors (Lipinski definition) is 0. The first-order valence-electron chi connectivity index (χ1n) is 11.7. The van der Waals surface area contributed by atoms with Gasteiger partial charge in [0.2, 0.25) is 0 Å². The predicted octanol–water partition coefficient (Wildman–Crippen LogP) is 6.49. The van der Waals surface area contributed by atoms with Gasteiger partial charge in [0.15, 0.2) is 0 Å². The van der Waals surface area contributed by atoms with Gasteiger partial charge < -0.3 is 29.6 Å². The summed E-state index contributed by atoms with van der Waals surface area (Å²) in [5, 5.41) is 7.13. The van der Waals surface area contributed by atoms with E-state index in [1.54, 1.807) is 0 Å². The van der Waals surface area contributed by atoms with Gasteiger partial charge in [-0.2, -0.15) is 12.1 Å². The van der Waals surface area contributed by atoms with Crippen LogP contribution in [-0.2, 0) is 22.5 Å². The molecule has 0 saturated carbocycles. The van der Waals surface area contributed by atoms with Crippen LogP contribution in [0, 0.1) is 0 Å². The largest absolute Gasteiger partial charge is 0.747 e. The summed E-state index contributed by atoms with van der Waals surface area (Å²) in [4.78, 5) is 0. The van der Waals surface area contributed by atoms with Gasteiger partial charge in [0.05, 0.1) is 0 Å². The molecule has 0 bridgehead atoms. The van der Waals surface area contributed by atoms with Gasteiger partial charge in [-0.15, -0.1) is 13.9 Å². The zero-order valence-electron chi connectivity index (χ0n) is 20.5. The minimum absolute atomic E-state index is 0. The van der Waals surface area contributed by atoms with E-state index in [0.29, 0.717) is 0 Å². The Morgan fingerprint density at radius 2 is 1.14 bits per heavy atom. The third kappa shape index (κ3) is 7.61. The average Bonchev–Trinajstić information content (AvgIpc) is 3.56. The summed E-state index contributed by atoms with van der Waals surface area (Å²) < 4.78 is 0. The first-order valence-corrected chi connectivity index (χ1v) is 14.1. The van der Waals surface area contributed by atoms with E-state index in [4.69, 9.17) is 0 Å². The fourth-order valence-electron chi connectivity index (χ4n) is 3.97. The summed E-state index contributed by atoms with van der Waals surface area (Å²) >= 11 is 0. The molecule has 0 heterocycles. The molecular weight excluding hydrogens is 502 g/mol. The van der Waals surface area contributed by atoms with Crippen LogP contribution in [0.4, 0.5) is 0 Å². The molecule has 0 nitrogen and oxygen atoms in total. The molecule has 184 valence electrons. The molecule has 1 atom stereocenters. The van der Waals surface area contributed by atoms with Crippen molar-refractivity contribution < 1.29 is 17.1 Å². The predicted molar refractivity (Wildman–Crippen MR) is 156 cm³/mol. The zero-order valence-corrected chi connectivity index (χ0v) is 23.5. The third-order valence-corrected chi connectivity index (χ3v) is 9.38. The Bertz CT molecular complexity index is 1200. The molecule has 0 radical (unpaired) electrons. The van der Waals surface area contributed by atoms with Gasteiger partial charge in [0.25, 0.3) is 0 Å². The Kier molecular flexibility index (Phi) is 10.3. The van der Waals surface area contributed by atoms with Gasteiger partial charge in [0.1, 0.15) is 0 Å². The SMILES string of the molecule is CC(C)(C)c1ccccc1P[c-]1cccc1.[Fe].c1ccc(P(c2ccccc2)[c-]2[cH-][cH-][cH-][cH-]2)cc1. The molecule has 3 heteroatoms. The molecule has 5 rings (SSSR count). The van der Waals surface area contributed by atoms with Crippen molar-refractivity contribution >= 4 is 43.0 Å². The second-order valence-corrected chi connectivity index (χ2v) is 12.8. The molecule has 1 unspecified atom stereocenters. The van der Waals surface area contributed by atoms with Crippen molar-refractivity contribution in [2.45, 2.75) is 26.2 Å². The Hall–Kier alpha value is -2.26. The molecule has 0 amide bonds. The standard InChI is InChI=1S/C17H14P.C15H18P.Fe/c1-3-9-15(10-4-1)18(17-13-7-8-14-17)16-11-5-2-6-12-16;1-15(2,3)13-10-6-7-11-14(13)16-12-8-4-5-9-12;/h1-14H;4-11,16H,1-3H3;/q-5;-1;. The van der Waals surface area contributed by atoms with Crippen LogP contribution >= 0.6 is 16.5 Å². The maximum Gasteiger partial charge on any atom is 0 e. The van der Waals surface area contributed by atoms with Gasteiger partial charge in [-0.1, -0.05) is 116 Å².